The second kappa shape index (κ2) is 11.9. The van der Waals surface area contributed by atoms with E-state index in [9.17, 15) is 19.2 Å². The molecule has 2 aromatic rings. The van der Waals surface area contributed by atoms with Crippen molar-refractivity contribution in [2.24, 2.45) is 5.92 Å². The molecule has 0 spiro atoms. The summed E-state index contributed by atoms with van der Waals surface area (Å²) >= 11 is 1.04. The Morgan fingerprint density at radius 1 is 1.12 bits per heavy atom. The number of nitrogens with zero attached hydrogens (tertiary/aromatic N) is 1. The Bertz CT molecular complexity index is 1080. The van der Waals surface area contributed by atoms with Gasteiger partial charge in [0.15, 0.2) is 18.1 Å². The molecule has 0 bridgehead atoms. The van der Waals surface area contributed by atoms with Crippen LogP contribution in [0.2, 0.25) is 0 Å². The average molecular weight is 489 g/mol. The number of anilines is 1. The number of urea groups is 1. The molecule has 0 saturated heterocycles. The molecule has 0 aliphatic carbocycles. The van der Waals surface area contributed by atoms with Gasteiger partial charge in [-0.15, -0.1) is 0 Å². The maximum absolute atomic E-state index is 12.4. The quantitative estimate of drug-likeness (QED) is 0.357. The molecule has 0 unspecified atom stereocenters. The van der Waals surface area contributed by atoms with Crippen LogP contribution in [0.1, 0.15) is 24.2 Å². The van der Waals surface area contributed by atoms with Crippen LogP contribution in [0, 0.1) is 5.92 Å². The van der Waals surface area contributed by atoms with Crippen LogP contribution in [0.4, 0.5) is 10.5 Å². The van der Waals surface area contributed by atoms with Gasteiger partial charge in [-0.1, -0.05) is 25.6 Å². The van der Waals surface area contributed by atoms with Crippen LogP contribution in [0.25, 0.3) is 0 Å². The van der Waals surface area contributed by atoms with Crippen LogP contribution in [-0.4, -0.2) is 54.5 Å². The van der Waals surface area contributed by atoms with Gasteiger partial charge in [-0.2, -0.15) is 0 Å². The van der Waals surface area contributed by atoms with Crippen LogP contribution in [0.15, 0.2) is 41.6 Å². The molecule has 0 saturated carbocycles. The second-order valence-electron chi connectivity index (χ2n) is 7.49. The van der Waals surface area contributed by atoms with E-state index >= 15 is 0 Å². The molecule has 34 heavy (non-hydrogen) atoms. The van der Waals surface area contributed by atoms with Gasteiger partial charge in [-0.25, -0.2) is 14.6 Å². The molecule has 12 heteroatoms. The highest BCUT2D eigenvalue weighted by molar-refractivity contribution is 8.00. The molecule has 1 aliphatic heterocycles. The number of benzene rings is 1. The lowest BCUT2D eigenvalue weighted by atomic mass is 10.2. The lowest BCUT2D eigenvalue weighted by molar-refractivity contribution is -0.123. The average Bonchev–Trinajstić information content (AvgIpc) is 3.28. The summed E-state index contributed by atoms with van der Waals surface area (Å²) in [5, 5.41) is 7.60. The standard InChI is InChI=1S/C22H24N4O7S/c1-13(2)9-24-22(30)26-18(27)10-31-21(29)15-4-3-7-23-20(15)34-11-19(28)25-14-5-6-16-17(8-14)33-12-32-16/h3-8,13H,9-12H2,1-2H3,(H,25,28)(H2,24,26,27,30). The molecule has 1 aliphatic rings. The number of fused-ring (bicyclic) bond motifs is 1. The summed E-state index contributed by atoms with van der Waals surface area (Å²) in [5.41, 5.74) is 0.638. The maximum Gasteiger partial charge on any atom is 0.341 e. The van der Waals surface area contributed by atoms with E-state index in [4.69, 9.17) is 14.2 Å². The van der Waals surface area contributed by atoms with Crippen molar-refractivity contribution in [3.05, 3.63) is 42.1 Å². The lowest BCUT2D eigenvalue weighted by Gasteiger charge is -2.10. The predicted molar refractivity (Wildman–Crippen MR) is 123 cm³/mol. The molecule has 0 atom stereocenters. The predicted octanol–water partition coefficient (Wildman–Crippen LogP) is 2.18. The van der Waals surface area contributed by atoms with Gasteiger partial charge in [0, 0.05) is 24.5 Å². The number of nitrogens with one attached hydrogen (secondary N) is 3. The molecule has 11 nitrogen and oxygen atoms in total. The third kappa shape index (κ3) is 7.37. The number of carbonyl (C=O) groups is 4. The number of aromatic nitrogens is 1. The minimum absolute atomic E-state index is 0.0256. The number of rotatable bonds is 9. The minimum Gasteiger partial charge on any atom is -0.454 e. The number of ether oxygens (including phenoxy) is 3. The number of amides is 4. The Kier molecular flexibility index (Phi) is 8.68. The fourth-order valence-corrected chi connectivity index (χ4v) is 3.46. The lowest BCUT2D eigenvalue weighted by Crippen LogP contribution is -2.42. The Balaban J connectivity index is 1.48. The Morgan fingerprint density at radius 3 is 2.71 bits per heavy atom. The van der Waals surface area contributed by atoms with E-state index in [0.717, 1.165) is 11.8 Å². The topological polar surface area (TPSA) is 145 Å². The van der Waals surface area contributed by atoms with Crippen LogP contribution in [0.3, 0.4) is 0 Å². The summed E-state index contributed by atoms with van der Waals surface area (Å²) in [4.78, 5) is 52.3. The molecule has 2 heterocycles. The van der Waals surface area contributed by atoms with E-state index in [1.165, 1.54) is 18.3 Å². The largest absolute Gasteiger partial charge is 0.454 e. The number of esters is 1. The molecule has 0 radical (unpaired) electrons. The molecule has 3 rings (SSSR count). The van der Waals surface area contributed by atoms with E-state index in [1.807, 2.05) is 13.8 Å². The molecule has 0 fully saturated rings. The van der Waals surface area contributed by atoms with Crippen LogP contribution in [-0.2, 0) is 14.3 Å². The monoisotopic (exact) mass is 488 g/mol. The second-order valence-corrected chi connectivity index (χ2v) is 8.45. The van der Waals surface area contributed by atoms with Crippen molar-refractivity contribution in [2.75, 3.05) is 31.0 Å². The Morgan fingerprint density at radius 2 is 1.91 bits per heavy atom. The zero-order valence-electron chi connectivity index (χ0n) is 18.6. The van der Waals surface area contributed by atoms with Gasteiger partial charge in [0.1, 0.15) is 5.03 Å². The first-order valence-corrected chi connectivity index (χ1v) is 11.3. The maximum atomic E-state index is 12.4. The zero-order chi connectivity index (χ0) is 24.5. The van der Waals surface area contributed by atoms with Gasteiger partial charge in [-0.05, 0) is 30.2 Å². The van der Waals surface area contributed by atoms with Gasteiger partial charge < -0.3 is 24.8 Å². The van der Waals surface area contributed by atoms with E-state index < -0.39 is 24.5 Å². The highest BCUT2D eigenvalue weighted by Crippen LogP contribution is 2.34. The number of pyridine rings is 1. The highest BCUT2D eigenvalue weighted by atomic mass is 32.2. The Labute approximate surface area is 199 Å². The van der Waals surface area contributed by atoms with Crippen LogP contribution in [0.5, 0.6) is 11.5 Å². The SMILES string of the molecule is CC(C)CNC(=O)NC(=O)COC(=O)c1cccnc1SCC(=O)Nc1ccc2c(c1)OCO2. The molecular weight excluding hydrogens is 464 g/mol. The number of hydrogen-bond donors (Lipinski definition) is 3. The molecular formula is C22H24N4O7S. The van der Waals surface area contributed by atoms with Gasteiger partial charge >= 0.3 is 12.0 Å². The molecule has 4 amide bonds. The zero-order valence-corrected chi connectivity index (χ0v) is 19.4. The van der Waals surface area contributed by atoms with Crippen molar-refractivity contribution in [1.29, 1.82) is 0 Å². The molecule has 3 N–H and O–H groups in total. The van der Waals surface area contributed by atoms with E-state index in [0.29, 0.717) is 23.7 Å². The highest BCUT2D eigenvalue weighted by Gasteiger charge is 2.18. The fourth-order valence-electron chi connectivity index (χ4n) is 2.68. The summed E-state index contributed by atoms with van der Waals surface area (Å²) in [5.74, 6) is -0.543. The molecule has 1 aromatic carbocycles. The fraction of sp³-hybridized carbons (Fsp3) is 0.318. The van der Waals surface area contributed by atoms with E-state index in [1.54, 1.807) is 18.2 Å². The first kappa shape index (κ1) is 24.8. The van der Waals surface area contributed by atoms with Crippen molar-refractivity contribution in [3.63, 3.8) is 0 Å². The van der Waals surface area contributed by atoms with Crippen molar-refractivity contribution in [1.82, 2.24) is 15.6 Å². The summed E-state index contributed by atoms with van der Waals surface area (Å²) in [6.45, 7) is 3.71. The number of thioether (sulfide) groups is 1. The van der Waals surface area contributed by atoms with Crippen LogP contribution < -0.4 is 25.4 Å². The summed E-state index contributed by atoms with van der Waals surface area (Å²) in [7, 11) is 0. The van der Waals surface area contributed by atoms with Crippen molar-refractivity contribution >= 4 is 41.3 Å². The van der Waals surface area contributed by atoms with Gasteiger partial charge in [0.05, 0.1) is 11.3 Å². The van der Waals surface area contributed by atoms with Crippen molar-refractivity contribution < 1.29 is 33.4 Å². The summed E-state index contributed by atoms with van der Waals surface area (Å²) in [6.07, 6.45) is 1.47. The first-order chi connectivity index (χ1) is 16.3. The van der Waals surface area contributed by atoms with E-state index in [-0.39, 0.29) is 35.0 Å². The van der Waals surface area contributed by atoms with Crippen molar-refractivity contribution in [3.8, 4) is 11.5 Å². The molecule has 1 aromatic heterocycles. The summed E-state index contributed by atoms with van der Waals surface area (Å²) in [6, 6.07) is 7.38. The van der Waals surface area contributed by atoms with Crippen molar-refractivity contribution in [2.45, 2.75) is 18.9 Å². The third-order valence-corrected chi connectivity index (χ3v) is 5.25. The smallest absolute Gasteiger partial charge is 0.341 e. The first-order valence-electron chi connectivity index (χ1n) is 10.3. The van der Waals surface area contributed by atoms with Gasteiger partial charge in [0.2, 0.25) is 12.7 Å². The number of hydrogen-bond acceptors (Lipinski definition) is 9. The molecule has 180 valence electrons. The Hall–Kier alpha value is -3.80. The normalized spacial score (nSPS) is 11.6. The third-order valence-electron chi connectivity index (χ3n) is 4.25. The number of imide groups is 1. The summed E-state index contributed by atoms with van der Waals surface area (Å²) < 4.78 is 15.5. The van der Waals surface area contributed by atoms with E-state index in [2.05, 4.69) is 20.9 Å². The van der Waals surface area contributed by atoms with Crippen LogP contribution >= 0.6 is 11.8 Å². The minimum atomic E-state index is -0.801. The van der Waals surface area contributed by atoms with Gasteiger partial charge in [0.25, 0.3) is 5.91 Å². The number of carbonyl (C=O) groups excluding carboxylic acids is 4. The van der Waals surface area contributed by atoms with Gasteiger partial charge in [-0.3, -0.25) is 14.9 Å².